The molecular weight excluding hydrogens is 404 g/mol. The molecule has 2 amide bonds. The van der Waals surface area contributed by atoms with E-state index in [0.29, 0.717) is 58.2 Å². The Morgan fingerprint density at radius 1 is 1.00 bits per heavy atom. The van der Waals surface area contributed by atoms with E-state index < -0.39 is 16.1 Å². The monoisotopic (exact) mass is 442 g/mol. The van der Waals surface area contributed by atoms with Gasteiger partial charge in [0.15, 0.2) is 0 Å². The van der Waals surface area contributed by atoms with Gasteiger partial charge in [0.25, 0.3) is 0 Å². The zero-order valence-electron chi connectivity index (χ0n) is 18.6. The Labute approximate surface area is 181 Å². The highest BCUT2D eigenvalue weighted by Gasteiger charge is 2.40. The lowest BCUT2D eigenvalue weighted by Gasteiger charge is -2.39. The SMILES string of the molecule is CCCC[C@@H](C(=O)N1CCN(CC(=O)N2CCCC[C@H]2C)CC1)N1CCCS1(=O)=O. The van der Waals surface area contributed by atoms with Gasteiger partial charge < -0.3 is 9.80 Å². The van der Waals surface area contributed by atoms with Crippen molar-refractivity contribution in [2.45, 2.75) is 70.9 Å². The van der Waals surface area contributed by atoms with E-state index in [1.165, 1.54) is 10.7 Å². The van der Waals surface area contributed by atoms with E-state index in [1.807, 2.05) is 4.90 Å². The molecule has 9 heteroatoms. The molecule has 0 aromatic heterocycles. The van der Waals surface area contributed by atoms with E-state index in [-0.39, 0.29) is 17.6 Å². The maximum Gasteiger partial charge on any atom is 0.241 e. The summed E-state index contributed by atoms with van der Waals surface area (Å²) in [6.45, 7) is 8.31. The molecule has 0 bridgehead atoms. The molecule has 3 aliphatic heterocycles. The lowest BCUT2D eigenvalue weighted by atomic mass is 10.0. The first kappa shape index (κ1) is 23.5. The number of likely N-dealkylation sites (tertiary alicyclic amines) is 1. The number of piperazine rings is 1. The fraction of sp³-hybridized carbons (Fsp3) is 0.905. The molecule has 2 atom stereocenters. The topological polar surface area (TPSA) is 81.2 Å². The average Bonchev–Trinajstić information content (AvgIpc) is 3.08. The molecule has 0 aliphatic carbocycles. The zero-order chi connectivity index (χ0) is 21.7. The number of hydrogen-bond acceptors (Lipinski definition) is 5. The summed E-state index contributed by atoms with van der Waals surface area (Å²) in [5.41, 5.74) is 0. The van der Waals surface area contributed by atoms with Gasteiger partial charge in [-0.05, 0) is 39.0 Å². The van der Waals surface area contributed by atoms with E-state index >= 15 is 0 Å². The molecule has 0 spiro atoms. The van der Waals surface area contributed by atoms with E-state index in [1.54, 1.807) is 4.90 Å². The van der Waals surface area contributed by atoms with Crippen LogP contribution in [0.4, 0.5) is 0 Å². The summed E-state index contributed by atoms with van der Waals surface area (Å²) in [4.78, 5) is 31.8. The predicted molar refractivity (Wildman–Crippen MR) is 116 cm³/mol. The molecule has 0 aromatic carbocycles. The average molecular weight is 443 g/mol. The van der Waals surface area contributed by atoms with Crippen LogP contribution in [-0.4, -0.2) is 103 Å². The van der Waals surface area contributed by atoms with Crippen molar-refractivity contribution in [2.24, 2.45) is 0 Å². The van der Waals surface area contributed by atoms with E-state index in [9.17, 15) is 18.0 Å². The smallest absolute Gasteiger partial charge is 0.241 e. The molecule has 3 rings (SSSR count). The van der Waals surface area contributed by atoms with Crippen LogP contribution in [0.2, 0.25) is 0 Å². The molecule has 3 heterocycles. The molecule has 3 aliphatic rings. The van der Waals surface area contributed by atoms with Crippen LogP contribution in [0.15, 0.2) is 0 Å². The van der Waals surface area contributed by atoms with Crippen LogP contribution < -0.4 is 0 Å². The highest BCUT2D eigenvalue weighted by Crippen LogP contribution is 2.23. The van der Waals surface area contributed by atoms with Gasteiger partial charge in [-0.3, -0.25) is 14.5 Å². The molecule has 0 aromatic rings. The second-order valence-corrected chi connectivity index (χ2v) is 11.0. The Balaban J connectivity index is 1.54. The third kappa shape index (κ3) is 5.53. The Kier molecular flexibility index (Phi) is 8.15. The van der Waals surface area contributed by atoms with Crippen LogP contribution in [0.5, 0.6) is 0 Å². The standard InChI is InChI=1S/C21H38N4O4S/c1-3-4-9-19(25-11-7-16-30(25,28)29)21(27)23-14-12-22(13-15-23)17-20(26)24-10-6-5-8-18(24)2/h18-19H,3-17H2,1-2H3/t18-,19+/m1/s1. The van der Waals surface area contributed by atoms with Gasteiger partial charge in [0.05, 0.1) is 12.3 Å². The van der Waals surface area contributed by atoms with Crippen molar-refractivity contribution in [3.63, 3.8) is 0 Å². The third-order valence-electron chi connectivity index (χ3n) is 6.77. The highest BCUT2D eigenvalue weighted by molar-refractivity contribution is 7.89. The Morgan fingerprint density at radius 3 is 2.33 bits per heavy atom. The first-order valence-corrected chi connectivity index (χ1v) is 13.2. The molecule has 0 unspecified atom stereocenters. The second-order valence-electron chi connectivity index (χ2n) is 8.97. The van der Waals surface area contributed by atoms with Crippen LogP contribution in [0.3, 0.4) is 0 Å². The van der Waals surface area contributed by atoms with Gasteiger partial charge in [0, 0.05) is 45.3 Å². The summed E-state index contributed by atoms with van der Waals surface area (Å²) in [6, 6.07) is -0.254. The molecule has 8 nitrogen and oxygen atoms in total. The van der Waals surface area contributed by atoms with Crippen molar-refractivity contribution < 1.29 is 18.0 Å². The van der Waals surface area contributed by atoms with E-state index in [2.05, 4.69) is 18.7 Å². The van der Waals surface area contributed by atoms with Crippen LogP contribution in [0.1, 0.15) is 58.8 Å². The van der Waals surface area contributed by atoms with Crippen LogP contribution in [0, 0.1) is 0 Å². The summed E-state index contributed by atoms with van der Waals surface area (Å²) < 4.78 is 26.3. The molecule has 30 heavy (non-hydrogen) atoms. The Morgan fingerprint density at radius 2 is 1.73 bits per heavy atom. The van der Waals surface area contributed by atoms with Crippen LogP contribution in [0.25, 0.3) is 0 Å². The number of amides is 2. The maximum atomic E-state index is 13.2. The van der Waals surface area contributed by atoms with Crippen molar-refractivity contribution in [3.8, 4) is 0 Å². The highest BCUT2D eigenvalue weighted by atomic mass is 32.2. The lowest BCUT2D eigenvalue weighted by molar-refractivity contribution is -0.139. The number of carbonyl (C=O) groups is 2. The fourth-order valence-corrected chi connectivity index (χ4v) is 6.60. The summed E-state index contributed by atoms with van der Waals surface area (Å²) in [5.74, 6) is 0.267. The molecule has 3 saturated heterocycles. The minimum atomic E-state index is -3.32. The number of hydrogen-bond donors (Lipinski definition) is 0. The molecular formula is C21H38N4O4S. The van der Waals surface area contributed by atoms with Gasteiger partial charge in [-0.1, -0.05) is 19.8 Å². The van der Waals surface area contributed by atoms with Crippen molar-refractivity contribution in [3.05, 3.63) is 0 Å². The maximum absolute atomic E-state index is 13.2. The van der Waals surface area contributed by atoms with Crippen molar-refractivity contribution in [1.29, 1.82) is 0 Å². The minimum absolute atomic E-state index is 0.0652. The van der Waals surface area contributed by atoms with Gasteiger partial charge in [-0.2, -0.15) is 4.31 Å². The van der Waals surface area contributed by atoms with Crippen molar-refractivity contribution >= 4 is 21.8 Å². The predicted octanol–water partition coefficient (Wildman–Crippen LogP) is 1.13. The normalized spacial score (nSPS) is 26.7. The summed E-state index contributed by atoms with van der Waals surface area (Å²) in [7, 11) is -3.32. The minimum Gasteiger partial charge on any atom is -0.339 e. The molecule has 3 fully saturated rings. The first-order valence-electron chi connectivity index (χ1n) is 11.6. The number of unbranched alkanes of at least 4 members (excludes halogenated alkanes) is 1. The summed E-state index contributed by atoms with van der Waals surface area (Å²) in [5, 5.41) is 0. The Bertz CT molecular complexity index is 706. The molecule has 0 radical (unpaired) electrons. The number of nitrogens with zero attached hydrogens (tertiary/aromatic N) is 4. The molecule has 0 saturated carbocycles. The quantitative estimate of drug-likeness (QED) is 0.590. The second kappa shape index (κ2) is 10.4. The largest absolute Gasteiger partial charge is 0.339 e. The van der Waals surface area contributed by atoms with Gasteiger partial charge >= 0.3 is 0 Å². The Hall–Kier alpha value is -1.19. The number of piperidine rings is 1. The third-order valence-corrected chi connectivity index (χ3v) is 8.72. The van der Waals surface area contributed by atoms with Crippen LogP contribution in [-0.2, 0) is 19.6 Å². The van der Waals surface area contributed by atoms with Crippen molar-refractivity contribution in [1.82, 2.24) is 19.0 Å². The van der Waals surface area contributed by atoms with E-state index in [4.69, 9.17) is 0 Å². The van der Waals surface area contributed by atoms with Gasteiger partial charge in [0.1, 0.15) is 6.04 Å². The molecule has 172 valence electrons. The number of sulfonamides is 1. The van der Waals surface area contributed by atoms with Gasteiger partial charge in [-0.15, -0.1) is 0 Å². The number of carbonyl (C=O) groups excluding carboxylic acids is 2. The molecule has 0 N–H and O–H groups in total. The fourth-order valence-electron chi connectivity index (χ4n) is 4.88. The van der Waals surface area contributed by atoms with E-state index in [0.717, 1.165) is 32.2 Å². The van der Waals surface area contributed by atoms with Gasteiger partial charge in [0.2, 0.25) is 21.8 Å². The van der Waals surface area contributed by atoms with Crippen LogP contribution >= 0.6 is 0 Å². The summed E-state index contributed by atoms with van der Waals surface area (Å²) >= 11 is 0. The number of rotatable bonds is 7. The first-order chi connectivity index (χ1) is 14.3. The lowest BCUT2D eigenvalue weighted by Crippen LogP contribution is -2.56. The zero-order valence-corrected chi connectivity index (χ0v) is 19.4. The van der Waals surface area contributed by atoms with Crippen molar-refractivity contribution in [2.75, 3.05) is 51.6 Å². The summed E-state index contributed by atoms with van der Waals surface area (Å²) in [6.07, 6.45) is 6.30. The van der Waals surface area contributed by atoms with Gasteiger partial charge in [-0.25, -0.2) is 8.42 Å².